The number of hydrogen-bond donors (Lipinski definition) is 0. The van der Waals surface area contributed by atoms with Gasteiger partial charge < -0.3 is 23.7 Å². The minimum Gasteiger partial charge on any atom is -0.497 e. The van der Waals surface area contributed by atoms with Gasteiger partial charge in [-0.05, 0) is 56.2 Å². The first kappa shape index (κ1) is 24.8. The summed E-state index contributed by atoms with van der Waals surface area (Å²) in [5, 5.41) is 0.848. The van der Waals surface area contributed by atoms with Crippen LogP contribution in [0.3, 0.4) is 0 Å². The fourth-order valence-corrected chi connectivity index (χ4v) is 3.46. The van der Waals surface area contributed by atoms with E-state index in [1.807, 2.05) is 32.0 Å². The number of carbonyl (C=O) groups excluding carboxylic acids is 2. The van der Waals surface area contributed by atoms with Crippen molar-refractivity contribution in [3.05, 3.63) is 59.8 Å². The maximum Gasteiger partial charge on any atom is 0.320 e. The maximum absolute atomic E-state index is 11.9. The molecule has 1 aromatic heterocycles. The van der Waals surface area contributed by atoms with E-state index in [0.717, 1.165) is 22.0 Å². The lowest BCUT2D eigenvalue weighted by Gasteiger charge is -2.17. The number of aromatic nitrogens is 1. The van der Waals surface area contributed by atoms with Crippen molar-refractivity contribution in [3.8, 4) is 17.2 Å². The Bertz CT molecular complexity index is 1130. The van der Waals surface area contributed by atoms with Gasteiger partial charge in [-0.1, -0.05) is 12.1 Å². The minimum atomic E-state index is -1.02. The lowest BCUT2D eigenvalue weighted by molar-refractivity contribution is -0.158. The second-order valence-electron chi connectivity index (χ2n) is 7.90. The van der Waals surface area contributed by atoms with Gasteiger partial charge in [0.15, 0.2) is 5.92 Å². The van der Waals surface area contributed by atoms with Crippen LogP contribution in [0.2, 0.25) is 0 Å². The molecule has 0 unspecified atom stereocenters. The highest BCUT2D eigenvalue weighted by Crippen LogP contribution is 2.33. The molecule has 0 amide bonds. The largest absolute Gasteiger partial charge is 0.497 e. The summed E-state index contributed by atoms with van der Waals surface area (Å²) >= 11 is 0. The second kappa shape index (κ2) is 11.4. The normalized spacial score (nSPS) is 10.9. The van der Waals surface area contributed by atoms with E-state index in [-0.39, 0.29) is 19.1 Å². The number of carbonyl (C=O) groups is 2. The second-order valence-corrected chi connectivity index (χ2v) is 7.90. The smallest absolute Gasteiger partial charge is 0.320 e. The fraction of sp³-hybridized carbons (Fsp3) is 0.346. The molecule has 0 N–H and O–H groups in total. The van der Waals surface area contributed by atoms with E-state index in [4.69, 9.17) is 23.7 Å². The standard InChI is InChI=1S/C26H29NO7/c1-16(2)34-24-18(14-27-23-11-10-20(30-3)13-21(23)24)15-33-19-8-6-17(7-9-19)12-22(25(28)31-4)26(29)32-5/h6-11,13-14,16,22H,12,15H2,1-5H3. The number of esters is 2. The van der Waals surface area contributed by atoms with Gasteiger partial charge in [0.1, 0.15) is 23.9 Å². The van der Waals surface area contributed by atoms with Crippen LogP contribution in [0.15, 0.2) is 48.7 Å². The van der Waals surface area contributed by atoms with Crippen LogP contribution in [-0.2, 0) is 32.1 Å². The first-order valence-electron chi connectivity index (χ1n) is 10.9. The number of methoxy groups -OCH3 is 3. The molecule has 8 heteroatoms. The molecule has 8 nitrogen and oxygen atoms in total. The Morgan fingerprint density at radius 1 is 0.912 bits per heavy atom. The molecule has 0 bridgehead atoms. The van der Waals surface area contributed by atoms with E-state index in [9.17, 15) is 9.59 Å². The van der Waals surface area contributed by atoms with Crippen molar-refractivity contribution in [1.82, 2.24) is 4.98 Å². The van der Waals surface area contributed by atoms with Crippen molar-refractivity contribution in [2.45, 2.75) is 33.0 Å². The molecular weight excluding hydrogens is 438 g/mol. The van der Waals surface area contributed by atoms with Gasteiger partial charge >= 0.3 is 11.9 Å². The molecule has 3 aromatic rings. The molecule has 3 rings (SSSR count). The molecule has 0 atom stereocenters. The number of benzene rings is 2. The van der Waals surface area contributed by atoms with Crippen molar-refractivity contribution >= 4 is 22.8 Å². The summed E-state index contributed by atoms with van der Waals surface area (Å²) in [7, 11) is 4.10. The zero-order valence-electron chi connectivity index (χ0n) is 20.0. The summed E-state index contributed by atoms with van der Waals surface area (Å²) in [4.78, 5) is 28.4. The van der Waals surface area contributed by atoms with Gasteiger partial charge in [0, 0.05) is 11.6 Å². The molecular formula is C26H29NO7. The Morgan fingerprint density at radius 3 is 2.15 bits per heavy atom. The number of hydrogen-bond acceptors (Lipinski definition) is 8. The molecule has 0 aliphatic carbocycles. The van der Waals surface area contributed by atoms with E-state index in [0.29, 0.717) is 17.2 Å². The minimum absolute atomic E-state index is 0.0348. The SMILES string of the molecule is COC(=O)C(Cc1ccc(OCc2cnc3ccc(OC)cc3c2OC(C)C)cc1)C(=O)OC. The Kier molecular flexibility index (Phi) is 8.29. The number of pyridine rings is 1. The van der Waals surface area contributed by atoms with E-state index in [1.165, 1.54) is 14.2 Å². The van der Waals surface area contributed by atoms with E-state index in [2.05, 4.69) is 4.98 Å². The van der Waals surface area contributed by atoms with E-state index >= 15 is 0 Å². The van der Waals surface area contributed by atoms with Crippen LogP contribution >= 0.6 is 0 Å². The molecule has 2 aromatic carbocycles. The third-order valence-electron chi connectivity index (χ3n) is 5.18. The lowest BCUT2D eigenvalue weighted by Crippen LogP contribution is -2.28. The van der Waals surface area contributed by atoms with Gasteiger partial charge in [-0.15, -0.1) is 0 Å². The summed E-state index contributed by atoms with van der Waals surface area (Å²) in [6, 6.07) is 12.8. The van der Waals surface area contributed by atoms with Gasteiger partial charge in [-0.3, -0.25) is 14.6 Å². The number of ether oxygens (including phenoxy) is 5. The molecule has 0 saturated heterocycles. The predicted octanol–water partition coefficient (Wildman–Crippen LogP) is 4.11. The molecule has 0 spiro atoms. The zero-order valence-corrected chi connectivity index (χ0v) is 20.0. The highest BCUT2D eigenvalue weighted by atomic mass is 16.5. The van der Waals surface area contributed by atoms with Crippen molar-refractivity contribution in [2.75, 3.05) is 21.3 Å². The third kappa shape index (κ3) is 5.95. The molecule has 34 heavy (non-hydrogen) atoms. The number of fused-ring (bicyclic) bond motifs is 1. The summed E-state index contributed by atoms with van der Waals surface area (Å²) in [5.74, 6) is -0.241. The monoisotopic (exact) mass is 467 g/mol. The average molecular weight is 468 g/mol. The van der Waals surface area contributed by atoms with Crippen molar-refractivity contribution in [1.29, 1.82) is 0 Å². The van der Waals surface area contributed by atoms with Gasteiger partial charge in [0.05, 0.1) is 38.5 Å². The third-order valence-corrected chi connectivity index (χ3v) is 5.18. The summed E-state index contributed by atoms with van der Waals surface area (Å²) in [6.45, 7) is 4.17. The average Bonchev–Trinajstić information content (AvgIpc) is 2.86. The molecule has 0 aliphatic rings. The summed E-state index contributed by atoms with van der Waals surface area (Å²) in [6.07, 6.45) is 1.88. The van der Waals surface area contributed by atoms with Crippen LogP contribution in [0.1, 0.15) is 25.0 Å². The molecule has 180 valence electrons. The summed E-state index contributed by atoms with van der Waals surface area (Å²) < 4.78 is 26.9. The van der Waals surface area contributed by atoms with Crippen LogP contribution in [0.5, 0.6) is 17.2 Å². The van der Waals surface area contributed by atoms with Crippen molar-refractivity contribution in [3.63, 3.8) is 0 Å². The Labute approximate surface area is 198 Å². The van der Waals surface area contributed by atoms with Crippen molar-refractivity contribution in [2.24, 2.45) is 5.92 Å². The Morgan fingerprint density at radius 2 is 1.56 bits per heavy atom. The van der Waals surface area contributed by atoms with Gasteiger partial charge in [0.25, 0.3) is 0 Å². The van der Waals surface area contributed by atoms with E-state index < -0.39 is 17.9 Å². The highest BCUT2D eigenvalue weighted by Gasteiger charge is 2.28. The quantitative estimate of drug-likeness (QED) is 0.325. The van der Waals surface area contributed by atoms with Crippen LogP contribution in [0, 0.1) is 5.92 Å². The Hall–Kier alpha value is -3.81. The van der Waals surface area contributed by atoms with Crippen LogP contribution in [-0.4, -0.2) is 44.4 Å². The van der Waals surface area contributed by atoms with Crippen LogP contribution in [0.4, 0.5) is 0 Å². The van der Waals surface area contributed by atoms with Crippen molar-refractivity contribution < 1.29 is 33.3 Å². The van der Waals surface area contributed by atoms with Gasteiger partial charge in [0.2, 0.25) is 0 Å². The van der Waals surface area contributed by atoms with E-state index in [1.54, 1.807) is 37.6 Å². The molecule has 0 radical (unpaired) electrons. The van der Waals surface area contributed by atoms with Crippen LogP contribution in [0.25, 0.3) is 10.9 Å². The molecule has 1 heterocycles. The Balaban J connectivity index is 1.77. The number of rotatable bonds is 10. The first-order valence-corrected chi connectivity index (χ1v) is 10.9. The van der Waals surface area contributed by atoms with Gasteiger partial charge in [-0.25, -0.2) is 0 Å². The molecule has 0 fully saturated rings. The summed E-state index contributed by atoms with van der Waals surface area (Å²) in [5.41, 5.74) is 2.38. The number of nitrogens with zero attached hydrogens (tertiary/aromatic N) is 1. The van der Waals surface area contributed by atoms with Crippen LogP contribution < -0.4 is 14.2 Å². The topological polar surface area (TPSA) is 93.2 Å². The molecule has 0 aliphatic heterocycles. The fourth-order valence-electron chi connectivity index (χ4n) is 3.46. The maximum atomic E-state index is 11.9. The zero-order chi connectivity index (χ0) is 24.7. The first-order chi connectivity index (χ1) is 16.4. The van der Waals surface area contributed by atoms with Gasteiger partial charge in [-0.2, -0.15) is 0 Å². The lowest BCUT2D eigenvalue weighted by atomic mass is 9.99. The predicted molar refractivity (Wildman–Crippen MR) is 126 cm³/mol. The highest BCUT2D eigenvalue weighted by molar-refractivity contribution is 5.95. The molecule has 0 saturated carbocycles.